The minimum absolute atomic E-state index is 0.0469. The number of fused-ring (bicyclic) bond motifs is 1. The average molecular weight is 520 g/mol. The molecule has 1 aromatic heterocycles. The van der Waals surface area contributed by atoms with Crippen molar-refractivity contribution in [2.75, 3.05) is 6.61 Å². The van der Waals surface area contributed by atoms with Gasteiger partial charge in [0.2, 0.25) is 0 Å². The fourth-order valence-corrected chi connectivity index (χ4v) is 4.01. The van der Waals surface area contributed by atoms with E-state index >= 15 is 0 Å². The summed E-state index contributed by atoms with van der Waals surface area (Å²) < 4.78 is 14.0. The molecule has 0 amide bonds. The van der Waals surface area contributed by atoms with E-state index in [2.05, 4.69) is 28.0 Å². The minimum Gasteiger partial charge on any atom is -0.490 e. The lowest BCUT2D eigenvalue weighted by Gasteiger charge is -2.18. The number of nitrogens with zero attached hydrogens (tertiary/aromatic N) is 3. The van der Waals surface area contributed by atoms with Crippen molar-refractivity contribution in [2.24, 2.45) is 5.10 Å². The van der Waals surface area contributed by atoms with Gasteiger partial charge in [-0.05, 0) is 66.0 Å². The van der Waals surface area contributed by atoms with Crippen molar-refractivity contribution in [1.29, 1.82) is 0 Å². The van der Waals surface area contributed by atoms with Gasteiger partial charge in [0.1, 0.15) is 0 Å². The van der Waals surface area contributed by atoms with Crippen molar-refractivity contribution < 1.29 is 9.47 Å². The molecule has 0 aliphatic carbocycles. The summed E-state index contributed by atoms with van der Waals surface area (Å²) in [4.78, 5) is 18.1. The topological polar surface area (TPSA) is 65.7 Å². The van der Waals surface area contributed by atoms with E-state index in [9.17, 15) is 4.79 Å². The molecule has 0 aliphatic rings. The van der Waals surface area contributed by atoms with E-state index in [-0.39, 0.29) is 11.7 Å². The van der Waals surface area contributed by atoms with Crippen LogP contribution in [0.2, 0.25) is 0 Å². The van der Waals surface area contributed by atoms with Crippen molar-refractivity contribution in [3.63, 3.8) is 0 Å². The summed E-state index contributed by atoms with van der Waals surface area (Å²) in [6.07, 6.45) is 2.55. The monoisotopic (exact) mass is 519 g/mol. The lowest BCUT2D eigenvalue weighted by molar-refractivity contribution is 0.202. The highest BCUT2D eigenvalue weighted by atomic mass is 79.9. The van der Waals surface area contributed by atoms with E-state index in [1.807, 2.05) is 74.5 Å². The zero-order valence-corrected chi connectivity index (χ0v) is 21.0. The van der Waals surface area contributed by atoms with Crippen LogP contribution in [0.4, 0.5) is 0 Å². The molecule has 174 valence electrons. The first-order chi connectivity index (χ1) is 16.5. The Morgan fingerprint density at radius 3 is 2.56 bits per heavy atom. The summed E-state index contributed by atoms with van der Waals surface area (Å²) in [6.45, 7) is 6.51. The van der Waals surface area contributed by atoms with Gasteiger partial charge in [-0.2, -0.15) is 9.78 Å². The maximum Gasteiger partial charge on any atom is 0.282 e. The van der Waals surface area contributed by atoms with Gasteiger partial charge in [0, 0.05) is 5.56 Å². The highest BCUT2D eigenvalue weighted by Crippen LogP contribution is 2.37. The van der Waals surface area contributed by atoms with Gasteiger partial charge in [-0.25, -0.2) is 4.98 Å². The van der Waals surface area contributed by atoms with E-state index in [1.54, 1.807) is 12.3 Å². The average Bonchev–Trinajstić information content (AvgIpc) is 2.86. The molecule has 7 heteroatoms. The molecule has 3 aromatic carbocycles. The molecule has 0 saturated carbocycles. The van der Waals surface area contributed by atoms with Gasteiger partial charge in [0.15, 0.2) is 17.3 Å². The summed E-state index contributed by atoms with van der Waals surface area (Å²) in [5.74, 6) is 1.75. The van der Waals surface area contributed by atoms with E-state index in [1.165, 1.54) is 4.68 Å². The van der Waals surface area contributed by atoms with Gasteiger partial charge in [-0.3, -0.25) is 4.79 Å². The Morgan fingerprint density at radius 2 is 1.82 bits per heavy atom. The number of ether oxygens (including phenoxy) is 2. The number of para-hydroxylation sites is 1. The normalized spacial score (nSPS) is 12.2. The van der Waals surface area contributed by atoms with Gasteiger partial charge in [-0.1, -0.05) is 49.4 Å². The molecule has 0 unspecified atom stereocenters. The fourth-order valence-electron chi connectivity index (χ4n) is 3.45. The third kappa shape index (κ3) is 5.04. The zero-order valence-electron chi connectivity index (χ0n) is 19.4. The van der Waals surface area contributed by atoms with Crippen LogP contribution >= 0.6 is 15.9 Å². The quantitative estimate of drug-likeness (QED) is 0.257. The Bertz CT molecular complexity index is 1380. The Morgan fingerprint density at radius 1 is 1.09 bits per heavy atom. The van der Waals surface area contributed by atoms with Crippen molar-refractivity contribution in [2.45, 2.75) is 33.3 Å². The first-order valence-electron chi connectivity index (χ1n) is 11.3. The number of aromatic nitrogens is 2. The van der Waals surface area contributed by atoms with E-state index in [0.717, 1.165) is 22.0 Å². The van der Waals surface area contributed by atoms with Crippen molar-refractivity contribution in [3.8, 4) is 22.9 Å². The highest BCUT2D eigenvalue weighted by Gasteiger charge is 2.15. The Labute approximate surface area is 207 Å². The number of benzene rings is 3. The molecule has 0 radical (unpaired) electrons. The van der Waals surface area contributed by atoms with Crippen molar-refractivity contribution >= 4 is 33.0 Å². The van der Waals surface area contributed by atoms with Gasteiger partial charge in [-0.15, -0.1) is 0 Å². The third-order valence-corrected chi connectivity index (χ3v) is 5.92. The Hall–Kier alpha value is -3.45. The van der Waals surface area contributed by atoms with Crippen LogP contribution in [-0.2, 0) is 0 Å². The number of rotatable bonds is 8. The summed E-state index contributed by atoms with van der Waals surface area (Å²) in [7, 11) is 0. The van der Waals surface area contributed by atoms with Crippen molar-refractivity contribution in [3.05, 3.63) is 87.1 Å². The van der Waals surface area contributed by atoms with Crippen LogP contribution in [0.3, 0.4) is 0 Å². The molecule has 4 rings (SSSR count). The molecule has 0 aliphatic heterocycles. The summed E-state index contributed by atoms with van der Waals surface area (Å²) in [6, 6.07) is 20.6. The smallest absolute Gasteiger partial charge is 0.282 e. The van der Waals surface area contributed by atoms with Gasteiger partial charge in [0.25, 0.3) is 5.56 Å². The second-order valence-corrected chi connectivity index (χ2v) is 8.63. The zero-order chi connectivity index (χ0) is 24.1. The van der Waals surface area contributed by atoms with Crippen LogP contribution in [0.25, 0.3) is 22.3 Å². The molecule has 34 heavy (non-hydrogen) atoms. The standard InChI is InChI=1S/C27H26BrN3O3/c1-4-18(3)34-25-22(28)15-19(16-24(25)33-5-2)17-29-31-26(20-11-7-6-8-12-20)30-23-14-10-9-13-21(23)27(31)32/h6-18H,4-5H2,1-3H3/t18-/m0/s1. The summed E-state index contributed by atoms with van der Waals surface area (Å²) >= 11 is 3.60. The van der Waals surface area contributed by atoms with Crippen LogP contribution in [0.1, 0.15) is 32.8 Å². The van der Waals surface area contributed by atoms with E-state index < -0.39 is 0 Å². The van der Waals surface area contributed by atoms with E-state index in [0.29, 0.717) is 34.8 Å². The maximum absolute atomic E-state index is 13.3. The van der Waals surface area contributed by atoms with Crippen LogP contribution < -0.4 is 15.0 Å². The Balaban J connectivity index is 1.82. The molecule has 1 heterocycles. The molecule has 0 saturated heterocycles. The number of hydrogen-bond acceptors (Lipinski definition) is 5. The molecule has 6 nitrogen and oxygen atoms in total. The SMILES string of the molecule is CCOc1cc(C=Nn2c(-c3ccccc3)nc3ccccc3c2=O)cc(Br)c1O[C@@H](C)CC. The lowest BCUT2D eigenvalue weighted by Crippen LogP contribution is -2.20. The van der Waals surface area contributed by atoms with Gasteiger partial charge in [0.05, 0.1) is 34.3 Å². The molecular weight excluding hydrogens is 494 g/mol. The first kappa shape index (κ1) is 23.7. The minimum atomic E-state index is -0.235. The highest BCUT2D eigenvalue weighted by molar-refractivity contribution is 9.10. The number of hydrogen-bond donors (Lipinski definition) is 0. The molecule has 0 spiro atoms. The third-order valence-electron chi connectivity index (χ3n) is 5.33. The molecule has 0 fully saturated rings. The van der Waals surface area contributed by atoms with Crippen LogP contribution in [0, 0.1) is 0 Å². The Kier molecular flexibility index (Phi) is 7.43. The second-order valence-electron chi connectivity index (χ2n) is 7.78. The van der Waals surface area contributed by atoms with Gasteiger partial charge < -0.3 is 9.47 Å². The molecular formula is C27H26BrN3O3. The summed E-state index contributed by atoms with van der Waals surface area (Å²) in [5.41, 5.74) is 1.95. The van der Waals surface area contributed by atoms with Crippen molar-refractivity contribution in [1.82, 2.24) is 9.66 Å². The molecule has 4 aromatic rings. The molecule has 0 bridgehead atoms. The first-order valence-corrected chi connectivity index (χ1v) is 12.1. The lowest BCUT2D eigenvalue weighted by atomic mass is 10.2. The van der Waals surface area contributed by atoms with Gasteiger partial charge >= 0.3 is 0 Å². The molecule has 1 atom stereocenters. The van der Waals surface area contributed by atoms with Crippen LogP contribution in [0.15, 0.2) is 81.1 Å². The predicted octanol–water partition coefficient (Wildman–Crippen LogP) is 6.28. The molecule has 0 N–H and O–H groups in total. The second kappa shape index (κ2) is 10.7. The summed E-state index contributed by atoms with van der Waals surface area (Å²) in [5, 5.41) is 5.06. The predicted molar refractivity (Wildman–Crippen MR) is 140 cm³/mol. The maximum atomic E-state index is 13.3. The number of halogens is 1. The fraction of sp³-hybridized carbons (Fsp3) is 0.222. The van der Waals surface area contributed by atoms with Crippen LogP contribution in [0.5, 0.6) is 11.5 Å². The largest absolute Gasteiger partial charge is 0.490 e. The van der Waals surface area contributed by atoms with E-state index in [4.69, 9.17) is 14.5 Å². The van der Waals surface area contributed by atoms with Crippen LogP contribution in [-0.4, -0.2) is 28.6 Å².